The third-order valence-corrected chi connectivity index (χ3v) is 4.84. The lowest BCUT2D eigenvalue weighted by Gasteiger charge is -2.44. The average Bonchev–Trinajstić information content (AvgIpc) is 2.66. The fraction of sp³-hybridized carbons (Fsp3) is 0.800. The maximum absolute atomic E-state index is 6.32. The Labute approximate surface area is 133 Å². The molecule has 0 saturated carbocycles. The zero-order chi connectivity index (χ0) is 15.8. The highest BCUT2D eigenvalue weighted by Crippen LogP contribution is 2.29. The second kappa shape index (κ2) is 6.24. The quantitative estimate of drug-likeness (QED) is 0.924. The van der Waals surface area contributed by atoms with Crippen LogP contribution in [-0.2, 0) is 7.05 Å². The van der Waals surface area contributed by atoms with Crippen LogP contribution in [0.25, 0.3) is 0 Å². The predicted octanol–water partition coefficient (Wildman–Crippen LogP) is 1.80. The van der Waals surface area contributed by atoms with Crippen LogP contribution in [0, 0.1) is 6.92 Å². The van der Waals surface area contributed by atoms with Crippen molar-refractivity contribution in [2.24, 2.45) is 12.8 Å². The van der Waals surface area contributed by atoms with Gasteiger partial charge in [-0.3, -0.25) is 9.80 Å². The van der Waals surface area contributed by atoms with Crippen LogP contribution in [0.2, 0.25) is 5.15 Å². The van der Waals surface area contributed by atoms with Gasteiger partial charge in [-0.15, -0.1) is 0 Å². The van der Waals surface area contributed by atoms with Gasteiger partial charge in [0.1, 0.15) is 5.82 Å². The van der Waals surface area contributed by atoms with E-state index in [0.29, 0.717) is 11.7 Å². The van der Waals surface area contributed by atoms with Gasteiger partial charge in [-0.1, -0.05) is 11.6 Å². The summed E-state index contributed by atoms with van der Waals surface area (Å²) in [4.78, 5) is 9.32. The summed E-state index contributed by atoms with van der Waals surface area (Å²) in [6, 6.07) is 0.144. The Kier molecular flexibility index (Phi) is 4.98. The SMILES string of the molecule is Cc1nc(Cl)c(C(CN)N2CCN(C(C)(C)C)CC2)n1C. The molecule has 1 aromatic rings. The molecule has 0 spiro atoms. The van der Waals surface area contributed by atoms with Crippen LogP contribution in [0.4, 0.5) is 0 Å². The van der Waals surface area contributed by atoms with Crippen molar-refractivity contribution in [2.75, 3.05) is 32.7 Å². The molecular weight excluding hydrogens is 286 g/mol. The minimum absolute atomic E-state index is 0.144. The molecule has 0 amide bonds. The molecule has 1 unspecified atom stereocenters. The van der Waals surface area contributed by atoms with E-state index in [9.17, 15) is 0 Å². The van der Waals surface area contributed by atoms with Crippen molar-refractivity contribution in [3.05, 3.63) is 16.7 Å². The summed E-state index contributed by atoms with van der Waals surface area (Å²) in [5.41, 5.74) is 7.32. The number of aryl methyl sites for hydroxylation is 1. The molecule has 21 heavy (non-hydrogen) atoms. The number of nitrogens with two attached hydrogens (primary N) is 1. The van der Waals surface area contributed by atoms with Gasteiger partial charge >= 0.3 is 0 Å². The molecular formula is C15H28ClN5. The highest BCUT2D eigenvalue weighted by atomic mass is 35.5. The summed E-state index contributed by atoms with van der Waals surface area (Å²) < 4.78 is 2.07. The summed E-state index contributed by atoms with van der Waals surface area (Å²) >= 11 is 6.32. The van der Waals surface area contributed by atoms with E-state index in [2.05, 4.69) is 40.1 Å². The van der Waals surface area contributed by atoms with Crippen molar-refractivity contribution in [1.29, 1.82) is 0 Å². The predicted molar refractivity (Wildman–Crippen MR) is 87.6 cm³/mol. The molecule has 0 bridgehead atoms. The van der Waals surface area contributed by atoms with E-state index in [1.54, 1.807) is 0 Å². The molecule has 1 aromatic heterocycles. The molecule has 5 nitrogen and oxygen atoms in total. The number of imidazole rings is 1. The first-order valence-electron chi connectivity index (χ1n) is 7.63. The number of hydrogen-bond donors (Lipinski definition) is 1. The Bertz CT molecular complexity index is 483. The van der Waals surface area contributed by atoms with Gasteiger partial charge in [-0.25, -0.2) is 4.98 Å². The molecule has 2 heterocycles. The highest BCUT2D eigenvalue weighted by molar-refractivity contribution is 6.30. The molecule has 2 N–H and O–H groups in total. The molecule has 1 aliphatic rings. The van der Waals surface area contributed by atoms with E-state index in [-0.39, 0.29) is 11.6 Å². The fourth-order valence-electron chi connectivity index (χ4n) is 3.09. The van der Waals surface area contributed by atoms with Crippen molar-refractivity contribution >= 4 is 11.6 Å². The molecule has 120 valence electrons. The van der Waals surface area contributed by atoms with Gasteiger partial charge in [0.05, 0.1) is 11.7 Å². The van der Waals surface area contributed by atoms with Crippen LogP contribution in [0.15, 0.2) is 0 Å². The van der Waals surface area contributed by atoms with E-state index < -0.39 is 0 Å². The first-order valence-corrected chi connectivity index (χ1v) is 8.01. The Hall–Kier alpha value is -0.620. The van der Waals surface area contributed by atoms with Crippen molar-refractivity contribution in [1.82, 2.24) is 19.4 Å². The smallest absolute Gasteiger partial charge is 0.152 e. The second-order valence-electron chi connectivity index (χ2n) is 6.84. The van der Waals surface area contributed by atoms with Gasteiger partial charge < -0.3 is 10.3 Å². The van der Waals surface area contributed by atoms with Gasteiger partial charge in [0, 0.05) is 45.3 Å². The molecule has 1 atom stereocenters. The lowest BCUT2D eigenvalue weighted by atomic mass is 10.0. The van der Waals surface area contributed by atoms with E-state index in [0.717, 1.165) is 37.7 Å². The monoisotopic (exact) mass is 313 g/mol. The lowest BCUT2D eigenvalue weighted by molar-refractivity contribution is 0.0419. The molecule has 0 aromatic carbocycles. The molecule has 1 fully saturated rings. The van der Waals surface area contributed by atoms with Crippen LogP contribution in [0.1, 0.15) is 38.3 Å². The maximum Gasteiger partial charge on any atom is 0.152 e. The second-order valence-corrected chi connectivity index (χ2v) is 7.20. The van der Waals surface area contributed by atoms with Crippen LogP contribution in [-0.4, -0.2) is 57.6 Å². The van der Waals surface area contributed by atoms with Crippen LogP contribution in [0.5, 0.6) is 0 Å². The third-order valence-electron chi connectivity index (χ3n) is 4.56. The van der Waals surface area contributed by atoms with E-state index >= 15 is 0 Å². The first kappa shape index (κ1) is 16.7. The number of hydrogen-bond acceptors (Lipinski definition) is 4. The van der Waals surface area contributed by atoms with E-state index in [4.69, 9.17) is 17.3 Å². The van der Waals surface area contributed by atoms with Gasteiger partial charge in [0.25, 0.3) is 0 Å². The summed E-state index contributed by atoms with van der Waals surface area (Å²) in [7, 11) is 2.01. The van der Waals surface area contributed by atoms with Crippen molar-refractivity contribution in [3.8, 4) is 0 Å². The fourth-order valence-corrected chi connectivity index (χ4v) is 3.46. The maximum atomic E-state index is 6.32. The molecule has 0 aliphatic carbocycles. The Morgan fingerprint density at radius 1 is 1.24 bits per heavy atom. The van der Waals surface area contributed by atoms with Crippen molar-refractivity contribution in [3.63, 3.8) is 0 Å². The molecule has 1 saturated heterocycles. The summed E-state index contributed by atoms with van der Waals surface area (Å²) in [5, 5.41) is 0.587. The summed E-state index contributed by atoms with van der Waals surface area (Å²) in [6.45, 7) is 13.5. The average molecular weight is 314 g/mol. The zero-order valence-corrected chi connectivity index (χ0v) is 14.6. The number of aromatic nitrogens is 2. The zero-order valence-electron chi connectivity index (χ0n) is 13.9. The number of nitrogens with zero attached hydrogens (tertiary/aromatic N) is 4. The molecule has 1 aliphatic heterocycles. The van der Waals surface area contributed by atoms with Gasteiger partial charge in [0.2, 0.25) is 0 Å². The van der Waals surface area contributed by atoms with Gasteiger partial charge in [-0.2, -0.15) is 0 Å². The molecule has 6 heteroatoms. The van der Waals surface area contributed by atoms with Crippen LogP contribution in [0.3, 0.4) is 0 Å². The van der Waals surface area contributed by atoms with Gasteiger partial charge in [-0.05, 0) is 27.7 Å². The summed E-state index contributed by atoms with van der Waals surface area (Å²) in [6.07, 6.45) is 0. The number of piperazine rings is 1. The Morgan fingerprint density at radius 3 is 2.19 bits per heavy atom. The molecule has 2 rings (SSSR count). The minimum Gasteiger partial charge on any atom is -0.333 e. The third kappa shape index (κ3) is 3.42. The van der Waals surface area contributed by atoms with Crippen molar-refractivity contribution < 1.29 is 0 Å². The van der Waals surface area contributed by atoms with Gasteiger partial charge in [0.15, 0.2) is 5.15 Å². The van der Waals surface area contributed by atoms with Crippen LogP contribution < -0.4 is 5.73 Å². The van der Waals surface area contributed by atoms with E-state index in [1.165, 1.54) is 0 Å². The number of rotatable bonds is 3. The number of halogens is 1. The molecule has 0 radical (unpaired) electrons. The Balaban J connectivity index is 2.13. The lowest BCUT2D eigenvalue weighted by Crippen LogP contribution is -2.54. The largest absolute Gasteiger partial charge is 0.333 e. The first-order chi connectivity index (χ1) is 9.75. The standard InChI is InChI=1S/C15H28ClN5/c1-11-18-14(16)13(19(11)5)12(10-17)20-6-8-21(9-7-20)15(2,3)4/h12H,6-10,17H2,1-5H3. The normalized spacial score (nSPS) is 20.0. The topological polar surface area (TPSA) is 50.3 Å². The van der Waals surface area contributed by atoms with E-state index in [1.807, 2.05) is 14.0 Å². The van der Waals surface area contributed by atoms with Crippen molar-refractivity contribution in [2.45, 2.75) is 39.3 Å². The van der Waals surface area contributed by atoms with Crippen LogP contribution >= 0.6 is 11.6 Å². The highest BCUT2D eigenvalue weighted by Gasteiger charge is 2.31. The summed E-state index contributed by atoms with van der Waals surface area (Å²) in [5.74, 6) is 0.932. The minimum atomic E-state index is 0.144. The Morgan fingerprint density at radius 2 is 1.81 bits per heavy atom.